The van der Waals surface area contributed by atoms with Gasteiger partial charge >= 0.3 is 5.69 Å². The quantitative estimate of drug-likeness (QED) is 0.571. The minimum atomic E-state index is -0.409. The van der Waals surface area contributed by atoms with Crippen LogP contribution in [0.25, 0.3) is 0 Å². The number of rotatable bonds is 4. The van der Waals surface area contributed by atoms with E-state index < -0.39 is 4.92 Å². The van der Waals surface area contributed by atoms with Gasteiger partial charge in [-0.05, 0) is 5.92 Å². The van der Waals surface area contributed by atoms with Crippen molar-refractivity contribution in [3.63, 3.8) is 0 Å². The summed E-state index contributed by atoms with van der Waals surface area (Å²) in [6, 6.07) is 0.299. The Morgan fingerprint density at radius 1 is 1.62 bits per heavy atom. The number of hydrogen-bond donors (Lipinski definition) is 0. The lowest BCUT2D eigenvalue weighted by Gasteiger charge is -2.39. The molecule has 0 aromatic carbocycles. The van der Waals surface area contributed by atoms with E-state index in [9.17, 15) is 10.1 Å². The van der Waals surface area contributed by atoms with Crippen LogP contribution in [-0.4, -0.2) is 39.2 Å². The van der Waals surface area contributed by atoms with E-state index in [1.54, 1.807) is 4.68 Å². The smallest absolute Gasteiger partial charge is 0.299 e. The zero-order chi connectivity index (χ0) is 11.7. The van der Waals surface area contributed by atoms with E-state index in [0.29, 0.717) is 12.0 Å². The molecule has 1 aliphatic rings. The van der Waals surface area contributed by atoms with Crippen LogP contribution in [0.5, 0.6) is 0 Å². The van der Waals surface area contributed by atoms with Gasteiger partial charge in [-0.1, -0.05) is 13.8 Å². The third kappa shape index (κ3) is 2.21. The molecule has 1 saturated heterocycles. The molecule has 16 heavy (non-hydrogen) atoms. The van der Waals surface area contributed by atoms with E-state index in [1.807, 2.05) is 0 Å². The van der Waals surface area contributed by atoms with Gasteiger partial charge in [0.05, 0.1) is 11.0 Å². The Morgan fingerprint density at radius 2 is 2.31 bits per heavy atom. The van der Waals surface area contributed by atoms with Gasteiger partial charge in [-0.3, -0.25) is 19.7 Å². The van der Waals surface area contributed by atoms with Crippen LogP contribution in [-0.2, 0) is 0 Å². The summed E-state index contributed by atoms with van der Waals surface area (Å²) in [4.78, 5) is 12.4. The Kier molecular flexibility index (Phi) is 2.91. The lowest BCUT2D eigenvalue weighted by Crippen LogP contribution is -2.49. The Hall–Kier alpha value is -1.43. The van der Waals surface area contributed by atoms with Crippen molar-refractivity contribution in [2.45, 2.75) is 19.9 Å². The lowest BCUT2D eigenvalue weighted by atomic mass is 10.1. The number of nitro groups is 1. The van der Waals surface area contributed by atoms with Gasteiger partial charge in [-0.25, -0.2) is 0 Å². The average molecular weight is 224 g/mol. The normalized spacial score (nSPS) is 17.7. The zero-order valence-corrected chi connectivity index (χ0v) is 9.54. The van der Waals surface area contributed by atoms with Crippen molar-refractivity contribution in [1.82, 2.24) is 14.7 Å². The molecule has 6 heteroatoms. The Labute approximate surface area is 94.0 Å². The molecule has 0 aliphatic carbocycles. The largest absolute Gasteiger partial charge is 0.307 e. The topological polar surface area (TPSA) is 64.2 Å². The van der Waals surface area contributed by atoms with Gasteiger partial charge in [0.15, 0.2) is 0 Å². The molecule has 0 unspecified atom stereocenters. The van der Waals surface area contributed by atoms with Crippen LogP contribution in [0.2, 0.25) is 0 Å². The molecule has 6 nitrogen and oxygen atoms in total. The lowest BCUT2D eigenvalue weighted by molar-refractivity contribution is -0.385. The molecule has 1 fully saturated rings. The highest BCUT2D eigenvalue weighted by Crippen LogP contribution is 2.23. The second-order valence-electron chi connectivity index (χ2n) is 4.70. The number of nitrogens with zero attached hydrogens (tertiary/aromatic N) is 4. The van der Waals surface area contributed by atoms with Crippen molar-refractivity contribution in [2.24, 2.45) is 5.92 Å². The molecule has 0 N–H and O–H groups in total. The van der Waals surface area contributed by atoms with Crippen molar-refractivity contribution in [3.8, 4) is 0 Å². The summed E-state index contributed by atoms with van der Waals surface area (Å²) in [5, 5.41) is 14.5. The monoisotopic (exact) mass is 224 g/mol. The molecular weight excluding hydrogens is 208 g/mol. The highest BCUT2D eigenvalue weighted by Gasteiger charge is 2.29. The second kappa shape index (κ2) is 4.21. The summed E-state index contributed by atoms with van der Waals surface area (Å²) in [7, 11) is 0. The maximum atomic E-state index is 10.5. The average Bonchev–Trinajstić information content (AvgIpc) is 2.58. The molecule has 0 bridgehead atoms. The van der Waals surface area contributed by atoms with Gasteiger partial charge in [0, 0.05) is 19.6 Å². The molecule has 2 rings (SSSR count). The fourth-order valence-electron chi connectivity index (χ4n) is 2.00. The summed E-state index contributed by atoms with van der Waals surface area (Å²) in [6.07, 6.45) is 2.82. The van der Waals surface area contributed by atoms with E-state index in [-0.39, 0.29) is 5.69 Å². The number of hydrogen-bond acceptors (Lipinski definition) is 4. The van der Waals surface area contributed by atoms with Crippen LogP contribution in [0.15, 0.2) is 12.4 Å². The molecule has 1 aliphatic heterocycles. The van der Waals surface area contributed by atoms with Crippen molar-refractivity contribution < 1.29 is 4.92 Å². The molecule has 0 spiro atoms. The molecular formula is C10H16N4O2. The van der Waals surface area contributed by atoms with Crippen LogP contribution >= 0.6 is 0 Å². The number of likely N-dealkylation sites (tertiary alicyclic amines) is 1. The molecule has 2 heterocycles. The van der Waals surface area contributed by atoms with Crippen LogP contribution in [0.1, 0.15) is 19.9 Å². The third-order valence-electron chi connectivity index (χ3n) is 2.73. The highest BCUT2D eigenvalue weighted by atomic mass is 16.6. The second-order valence-corrected chi connectivity index (χ2v) is 4.70. The highest BCUT2D eigenvalue weighted by molar-refractivity contribution is 5.21. The van der Waals surface area contributed by atoms with E-state index in [0.717, 1.165) is 19.6 Å². The van der Waals surface area contributed by atoms with Crippen molar-refractivity contribution >= 4 is 5.69 Å². The standard InChI is InChI=1S/C10H16N4O2/c1-8(2)4-12-5-10(6-12)13-7-9(3-11-13)14(15)16/h3,7-8,10H,4-6H2,1-2H3. The van der Waals surface area contributed by atoms with E-state index >= 15 is 0 Å². The summed E-state index contributed by atoms with van der Waals surface area (Å²) in [5.41, 5.74) is 0.0716. The first-order chi connectivity index (χ1) is 7.56. The minimum Gasteiger partial charge on any atom is -0.299 e. The van der Waals surface area contributed by atoms with Crippen molar-refractivity contribution in [3.05, 3.63) is 22.5 Å². The first-order valence-electron chi connectivity index (χ1n) is 5.47. The minimum absolute atomic E-state index is 0.0716. The van der Waals surface area contributed by atoms with Gasteiger partial charge < -0.3 is 0 Å². The van der Waals surface area contributed by atoms with Gasteiger partial charge in [0.2, 0.25) is 0 Å². The zero-order valence-electron chi connectivity index (χ0n) is 9.54. The van der Waals surface area contributed by atoms with Crippen LogP contribution in [0, 0.1) is 16.0 Å². The predicted octanol–water partition coefficient (Wildman–Crippen LogP) is 1.30. The Balaban J connectivity index is 1.89. The first-order valence-corrected chi connectivity index (χ1v) is 5.47. The predicted molar refractivity (Wildman–Crippen MR) is 59.2 cm³/mol. The summed E-state index contributed by atoms with van der Waals surface area (Å²) in [6.45, 7) is 7.34. The molecule has 0 radical (unpaired) electrons. The Bertz CT molecular complexity index is 382. The van der Waals surface area contributed by atoms with Crippen LogP contribution < -0.4 is 0 Å². The van der Waals surface area contributed by atoms with Crippen molar-refractivity contribution in [1.29, 1.82) is 0 Å². The summed E-state index contributed by atoms with van der Waals surface area (Å²) in [5.74, 6) is 0.660. The van der Waals surface area contributed by atoms with Gasteiger partial charge in [-0.15, -0.1) is 0 Å². The van der Waals surface area contributed by atoms with Crippen LogP contribution in [0.4, 0.5) is 5.69 Å². The van der Waals surface area contributed by atoms with E-state index in [4.69, 9.17) is 0 Å². The van der Waals surface area contributed by atoms with Crippen molar-refractivity contribution in [2.75, 3.05) is 19.6 Å². The summed E-state index contributed by atoms with van der Waals surface area (Å²) < 4.78 is 1.70. The molecule has 0 atom stereocenters. The first kappa shape index (κ1) is 11.1. The van der Waals surface area contributed by atoms with Crippen LogP contribution in [0.3, 0.4) is 0 Å². The number of aromatic nitrogens is 2. The van der Waals surface area contributed by atoms with Gasteiger partial charge in [-0.2, -0.15) is 5.10 Å². The molecule has 1 aromatic heterocycles. The summed E-state index contributed by atoms with van der Waals surface area (Å²) >= 11 is 0. The van der Waals surface area contributed by atoms with E-state index in [1.165, 1.54) is 12.4 Å². The SMILES string of the molecule is CC(C)CN1CC(n2cc([N+](=O)[O-])cn2)C1. The fourth-order valence-corrected chi connectivity index (χ4v) is 2.00. The third-order valence-corrected chi connectivity index (χ3v) is 2.73. The Morgan fingerprint density at radius 3 is 2.81 bits per heavy atom. The maximum absolute atomic E-state index is 10.5. The fraction of sp³-hybridized carbons (Fsp3) is 0.700. The maximum Gasteiger partial charge on any atom is 0.307 e. The molecule has 0 saturated carbocycles. The van der Waals surface area contributed by atoms with Gasteiger partial charge in [0.25, 0.3) is 0 Å². The molecule has 0 amide bonds. The van der Waals surface area contributed by atoms with Gasteiger partial charge in [0.1, 0.15) is 12.4 Å². The molecule has 88 valence electrons. The van der Waals surface area contributed by atoms with E-state index in [2.05, 4.69) is 23.8 Å². The molecule has 1 aromatic rings.